The smallest absolute Gasteiger partial charge is 0.254 e. The zero-order valence-corrected chi connectivity index (χ0v) is 15.7. The van der Waals surface area contributed by atoms with Gasteiger partial charge in [-0.05, 0) is 41.5 Å². The molecule has 7 heteroatoms. The number of rotatable bonds is 7. The number of ether oxygens (including phenoxy) is 1. The van der Waals surface area contributed by atoms with Crippen molar-refractivity contribution in [2.45, 2.75) is 6.54 Å². The molecule has 0 unspecified atom stereocenters. The van der Waals surface area contributed by atoms with E-state index in [0.717, 1.165) is 10.6 Å². The minimum Gasteiger partial charge on any atom is -0.492 e. The maximum Gasteiger partial charge on any atom is 0.254 e. The van der Waals surface area contributed by atoms with Crippen LogP contribution in [-0.2, 0) is 6.54 Å². The van der Waals surface area contributed by atoms with Gasteiger partial charge in [-0.2, -0.15) is 0 Å². The normalized spacial score (nSPS) is 10.6. The first kappa shape index (κ1) is 19.0. The zero-order chi connectivity index (χ0) is 19.2. The summed E-state index contributed by atoms with van der Waals surface area (Å²) in [6.45, 7) is 1.25. The number of thiazole rings is 1. The molecule has 5 nitrogen and oxygen atoms in total. The van der Waals surface area contributed by atoms with Crippen LogP contribution in [0.2, 0.25) is 0 Å². The number of carbonyl (C=O) groups excluding carboxylic acids is 1. The molecule has 0 fully saturated rings. The summed E-state index contributed by atoms with van der Waals surface area (Å²) >= 11 is 1.48. The molecule has 0 atom stereocenters. The lowest BCUT2D eigenvalue weighted by Crippen LogP contribution is -2.26. The standard InChI is InChI=1S/C20H20FN3O2S/c1-24(13-19-23-7-9-27-19)20(25)16-10-15(11-17(21)12-16)14-2-4-18(5-3-14)26-8-6-22/h2-5,7,9-12H,6,8,13,22H2,1H3. The Morgan fingerprint density at radius 1 is 1.22 bits per heavy atom. The summed E-state index contributed by atoms with van der Waals surface area (Å²) < 4.78 is 19.6. The van der Waals surface area contributed by atoms with Gasteiger partial charge in [0.25, 0.3) is 5.91 Å². The number of amides is 1. The van der Waals surface area contributed by atoms with Crippen molar-refractivity contribution < 1.29 is 13.9 Å². The minimum atomic E-state index is -0.457. The molecule has 0 radical (unpaired) electrons. The van der Waals surface area contributed by atoms with Gasteiger partial charge in [-0.15, -0.1) is 11.3 Å². The zero-order valence-electron chi connectivity index (χ0n) is 14.9. The van der Waals surface area contributed by atoms with E-state index in [-0.39, 0.29) is 5.91 Å². The number of carbonyl (C=O) groups is 1. The van der Waals surface area contributed by atoms with Crippen molar-refractivity contribution >= 4 is 17.2 Å². The van der Waals surface area contributed by atoms with Crippen molar-refractivity contribution in [1.29, 1.82) is 0 Å². The molecular weight excluding hydrogens is 365 g/mol. The highest BCUT2D eigenvalue weighted by molar-refractivity contribution is 7.09. The van der Waals surface area contributed by atoms with Gasteiger partial charge in [-0.25, -0.2) is 9.37 Å². The van der Waals surface area contributed by atoms with Crippen LogP contribution in [0.4, 0.5) is 4.39 Å². The fraction of sp³-hybridized carbons (Fsp3) is 0.200. The second-order valence-electron chi connectivity index (χ2n) is 5.98. The molecule has 1 heterocycles. The average molecular weight is 385 g/mol. The van der Waals surface area contributed by atoms with Gasteiger partial charge in [0, 0.05) is 30.7 Å². The van der Waals surface area contributed by atoms with Gasteiger partial charge in [0.05, 0.1) is 6.54 Å². The SMILES string of the molecule is CN(Cc1nccs1)C(=O)c1cc(F)cc(-c2ccc(OCCN)cc2)c1. The largest absolute Gasteiger partial charge is 0.492 e. The van der Waals surface area contributed by atoms with Crippen molar-refractivity contribution in [1.82, 2.24) is 9.88 Å². The van der Waals surface area contributed by atoms with E-state index in [0.29, 0.717) is 36.6 Å². The molecule has 0 saturated carbocycles. The number of nitrogens with two attached hydrogens (primary N) is 1. The van der Waals surface area contributed by atoms with Crippen molar-refractivity contribution in [3.8, 4) is 16.9 Å². The highest BCUT2D eigenvalue weighted by Crippen LogP contribution is 2.25. The maximum absolute atomic E-state index is 14.1. The molecule has 0 aliphatic carbocycles. The van der Waals surface area contributed by atoms with Gasteiger partial charge in [-0.3, -0.25) is 4.79 Å². The second kappa shape index (κ2) is 8.75. The minimum absolute atomic E-state index is 0.256. The number of halogens is 1. The van der Waals surface area contributed by atoms with E-state index >= 15 is 0 Å². The van der Waals surface area contributed by atoms with Crippen LogP contribution in [0.3, 0.4) is 0 Å². The number of aromatic nitrogens is 1. The lowest BCUT2D eigenvalue weighted by atomic mass is 10.0. The van der Waals surface area contributed by atoms with E-state index in [1.807, 2.05) is 17.5 Å². The first-order valence-electron chi connectivity index (χ1n) is 8.44. The molecule has 140 valence electrons. The summed E-state index contributed by atoms with van der Waals surface area (Å²) in [4.78, 5) is 18.4. The number of benzene rings is 2. The molecule has 3 rings (SSSR count). The van der Waals surface area contributed by atoms with Crippen LogP contribution >= 0.6 is 11.3 Å². The molecule has 1 amide bonds. The van der Waals surface area contributed by atoms with Gasteiger partial charge in [0.15, 0.2) is 0 Å². The number of hydrogen-bond donors (Lipinski definition) is 1. The third-order valence-corrected chi connectivity index (χ3v) is 4.69. The summed E-state index contributed by atoms with van der Waals surface area (Å²) in [7, 11) is 1.68. The third-order valence-electron chi connectivity index (χ3n) is 3.92. The van der Waals surface area contributed by atoms with E-state index in [9.17, 15) is 9.18 Å². The lowest BCUT2D eigenvalue weighted by molar-refractivity contribution is 0.0784. The van der Waals surface area contributed by atoms with Crippen molar-refractivity contribution in [3.05, 3.63) is 70.4 Å². The summed E-state index contributed by atoms with van der Waals surface area (Å²) in [5.41, 5.74) is 7.15. The fourth-order valence-electron chi connectivity index (χ4n) is 2.63. The highest BCUT2D eigenvalue weighted by atomic mass is 32.1. The van der Waals surface area contributed by atoms with Crippen LogP contribution < -0.4 is 10.5 Å². The molecule has 2 N–H and O–H groups in total. The molecule has 27 heavy (non-hydrogen) atoms. The summed E-state index contributed by atoms with van der Waals surface area (Å²) in [6, 6.07) is 11.6. The average Bonchev–Trinajstić information content (AvgIpc) is 3.18. The van der Waals surface area contributed by atoms with Gasteiger partial charge < -0.3 is 15.4 Å². The van der Waals surface area contributed by atoms with E-state index < -0.39 is 5.82 Å². The van der Waals surface area contributed by atoms with E-state index in [4.69, 9.17) is 10.5 Å². The molecule has 0 saturated heterocycles. The molecule has 1 aromatic heterocycles. The Balaban J connectivity index is 1.80. The third kappa shape index (κ3) is 4.90. The van der Waals surface area contributed by atoms with Crippen LogP contribution in [0.1, 0.15) is 15.4 Å². The second-order valence-corrected chi connectivity index (χ2v) is 6.96. The van der Waals surface area contributed by atoms with Gasteiger partial charge in [0.2, 0.25) is 0 Å². The van der Waals surface area contributed by atoms with Crippen molar-refractivity contribution in [2.24, 2.45) is 5.73 Å². The van der Waals surface area contributed by atoms with Gasteiger partial charge in [0.1, 0.15) is 23.2 Å². The van der Waals surface area contributed by atoms with Crippen LogP contribution in [0.25, 0.3) is 11.1 Å². The predicted octanol–water partition coefficient (Wildman–Crippen LogP) is 3.56. The van der Waals surface area contributed by atoms with Crippen LogP contribution in [0.5, 0.6) is 5.75 Å². The Hall–Kier alpha value is -2.77. The van der Waals surface area contributed by atoms with Crippen LogP contribution in [0.15, 0.2) is 54.0 Å². The Kier molecular flexibility index (Phi) is 6.16. The van der Waals surface area contributed by atoms with Crippen molar-refractivity contribution in [3.63, 3.8) is 0 Å². The molecule has 0 aliphatic rings. The maximum atomic E-state index is 14.1. The molecule has 0 spiro atoms. The first-order valence-corrected chi connectivity index (χ1v) is 9.32. The Morgan fingerprint density at radius 2 is 2.00 bits per heavy atom. The fourth-order valence-corrected chi connectivity index (χ4v) is 3.30. The van der Waals surface area contributed by atoms with Gasteiger partial charge in [-0.1, -0.05) is 12.1 Å². The van der Waals surface area contributed by atoms with E-state index in [1.165, 1.54) is 28.4 Å². The molecule has 2 aromatic carbocycles. The summed E-state index contributed by atoms with van der Waals surface area (Å²) in [5.74, 6) is -0.0177. The lowest BCUT2D eigenvalue weighted by Gasteiger charge is -2.16. The molecule has 3 aromatic rings. The summed E-state index contributed by atoms with van der Waals surface area (Å²) in [6.07, 6.45) is 1.69. The Bertz CT molecular complexity index is 898. The molecular formula is C20H20FN3O2S. The van der Waals surface area contributed by atoms with Crippen molar-refractivity contribution in [2.75, 3.05) is 20.2 Å². The molecule has 0 bridgehead atoms. The van der Waals surface area contributed by atoms with E-state index in [1.54, 1.807) is 31.4 Å². The predicted molar refractivity (Wildman–Crippen MR) is 104 cm³/mol. The topological polar surface area (TPSA) is 68.5 Å². The Morgan fingerprint density at radius 3 is 2.67 bits per heavy atom. The first-order chi connectivity index (χ1) is 13.1. The monoisotopic (exact) mass is 385 g/mol. The van der Waals surface area contributed by atoms with Crippen LogP contribution in [0, 0.1) is 5.82 Å². The van der Waals surface area contributed by atoms with Gasteiger partial charge >= 0.3 is 0 Å². The number of hydrogen-bond acceptors (Lipinski definition) is 5. The van der Waals surface area contributed by atoms with Crippen LogP contribution in [-0.4, -0.2) is 36.0 Å². The number of nitrogens with zero attached hydrogens (tertiary/aromatic N) is 2. The Labute approximate surface area is 161 Å². The highest BCUT2D eigenvalue weighted by Gasteiger charge is 2.15. The van der Waals surface area contributed by atoms with E-state index in [2.05, 4.69) is 4.98 Å². The summed E-state index contributed by atoms with van der Waals surface area (Å²) in [5, 5.41) is 2.69. The molecule has 0 aliphatic heterocycles. The quantitative estimate of drug-likeness (QED) is 0.675.